The van der Waals surface area contributed by atoms with Gasteiger partial charge in [-0.25, -0.2) is 9.59 Å². The Morgan fingerprint density at radius 1 is 0.808 bits per heavy atom. The first-order valence-corrected chi connectivity index (χ1v) is 8.19. The van der Waals surface area contributed by atoms with Crippen molar-refractivity contribution >= 4 is 17.9 Å². The number of carbonyl (C=O) groups excluding carboxylic acids is 3. The second-order valence-corrected chi connectivity index (χ2v) is 5.87. The van der Waals surface area contributed by atoms with Crippen LogP contribution in [0.2, 0.25) is 0 Å². The zero-order chi connectivity index (χ0) is 19.7. The highest BCUT2D eigenvalue weighted by atomic mass is 16.6. The van der Waals surface area contributed by atoms with E-state index in [0.717, 1.165) is 18.2 Å². The van der Waals surface area contributed by atoms with E-state index in [4.69, 9.17) is 14.2 Å². The van der Waals surface area contributed by atoms with Gasteiger partial charge in [0.1, 0.15) is 30.5 Å². The van der Waals surface area contributed by atoms with E-state index in [0.29, 0.717) is 0 Å². The number of allylic oxidation sites excluding steroid dienone is 2. The number of carbonyl (C=O) groups is 3. The van der Waals surface area contributed by atoms with Crippen molar-refractivity contribution in [3.63, 3.8) is 0 Å². The quantitative estimate of drug-likeness (QED) is 0.471. The van der Waals surface area contributed by atoms with Crippen LogP contribution < -0.4 is 0 Å². The monoisotopic (exact) mass is 368 g/mol. The Morgan fingerprint density at radius 3 is 2.08 bits per heavy atom. The fourth-order valence-electron chi connectivity index (χ4n) is 1.93. The van der Waals surface area contributed by atoms with E-state index in [9.17, 15) is 24.6 Å². The lowest BCUT2D eigenvalue weighted by molar-refractivity contribution is -0.157. The van der Waals surface area contributed by atoms with Crippen molar-refractivity contribution in [2.24, 2.45) is 0 Å². The van der Waals surface area contributed by atoms with E-state index in [1.165, 1.54) is 39.0 Å². The van der Waals surface area contributed by atoms with Crippen molar-refractivity contribution in [2.45, 2.75) is 57.7 Å². The van der Waals surface area contributed by atoms with Crippen molar-refractivity contribution in [1.82, 2.24) is 0 Å². The minimum Gasteiger partial charge on any atom is -0.459 e. The van der Waals surface area contributed by atoms with Gasteiger partial charge in [-0.3, -0.25) is 4.79 Å². The molecule has 0 aromatic rings. The molecule has 144 valence electrons. The van der Waals surface area contributed by atoms with Gasteiger partial charge in [0.25, 0.3) is 0 Å². The van der Waals surface area contributed by atoms with Gasteiger partial charge in [-0.05, 0) is 26.8 Å². The molecule has 1 rings (SSSR count). The van der Waals surface area contributed by atoms with Crippen LogP contribution in [0.15, 0.2) is 36.5 Å². The van der Waals surface area contributed by atoms with Gasteiger partial charge >= 0.3 is 17.9 Å². The first-order chi connectivity index (χ1) is 12.2. The van der Waals surface area contributed by atoms with E-state index in [2.05, 4.69) is 0 Å². The number of aliphatic hydroxyl groups excluding tert-OH is 2. The fraction of sp³-hybridized carbons (Fsp3) is 0.500. The standard InChI is InChI=1S/C18H24O8/c1-11-10-18(23)26-12(2)14(19)6-4-5-7-16(21)25-13(3)15(20)8-9-17(22)24-11/h4-9,11-15,19-20H,10H2,1-3H3/b6-4+,7-5+,9-8+/t11-,12?,13-,14+,15?/m0/s1. The van der Waals surface area contributed by atoms with Crippen LogP contribution in [0.3, 0.4) is 0 Å². The van der Waals surface area contributed by atoms with Crippen molar-refractivity contribution in [3.05, 3.63) is 36.5 Å². The van der Waals surface area contributed by atoms with Crippen molar-refractivity contribution < 1.29 is 38.8 Å². The second-order valence-electron chi connectivity index (χ2n) is 5.87. The number of aliphatic hydroxyl groups is 2. The van der Waals surface area contributed by atoms with Crippen molar-refractivity contribution in [2.75, 3.05) is 0 Å². The molecule has 0 radical (unpaired) electrons. The van der Waals surface area contributed by atoms with Gasteiger partial charge in [0.15, 0.2) is 0 Å². The van der Waals surface area contributed by atoms with Gasteiger partial charge in [-0.2, -0.15) is 0 Å². The Bertz CT molecular complexity index is 592. The number of cyclic esters (lactones) is 3. The molecule has 0 spiro atoms. The van der Waals surface area contributed by atoms with Crippen LogP contribution in [0.4, 0.5) is 0 Å². The van der Waals surface area contributed by atoms with Crippen LogP contribution in [-0.4, -0.2) is 58.6 Å². The highest BCUT2D eigenvalue weighted by molar-refractivity contribution is 5.83. The average molecular weight is 368 g/mol. The summed E-state index contributed by atoms with van der Waals surface area (Å²) in [5, 5.41) is 19.8. The summed E-state index contributed by atoms with van der Waals surface area (Å²) in [5.74, 6) is -2.11. The zero-order valence-corrected chi connectivity index (χ0v) is 14.9. The lowest BCUT2D eigenvalue weighted by Gasteiger charge is -2.18. The van der Waals surface area contributed by atoms with E-state index in [-0.39, 0.29) is 6.42 Å². The molecular formula is C18H24O8. The topological polar surface area (TPSA) is 119 Å². The Hall–Kier alpha value is -2.45. The highest BCUT2D eigenvalue weighted by Gasteiger charge is 2.20. The number of ether oxygens (including phenoxy) is 3. The van der Waals surface area contributed by atoms with Gasteiger partial charge in [-0.1, -0.05) is 18.2 Å². The summed E-state index contributed by atoms with van der Waals surface area (Å²) in [7, 11) is 0. The van der Waals surface area contributed by atoms with Crippen molar-refractivity contribution in [3.8, 4) is 0 Å². The molecule has 0 bridgehead atoms. The molecule has 8 heteroatoms. The molecule has 5 atom stereocenters. The lowest BCUT2D eigenvalue weighted by Crippen LogP contribution is -2.29. The largest absolute Gasteiger partial charge is 0.459 e. The van der Waals surface area contributed by atoms with Gasteiger partial charge < -0.3 is 24.4 Å². The Labute approximate surface area is 151 Å². The molecule has 0 saturated heterocycles. The minimum absolute atomic E-state index is 0.184. The predicted molar refractivity (Wildman–Crippen MR) is 90.7 cm³/mol. The molecule has 0 aliphatic carbocycles. The summed E-state index contributed by atoms with van der Waals surface area (Å²) >= 11 is 0. The average Bonchev–Trinajstić information content (AvgIpc) is 2.54. The lowest BCUT2D eigenvalue weighted by atomic mass is 10.2. The second kappa shape index (κ2) is 10.5. The predicted octanol–water partition coefficient (Wildman–Crippen LogP) is 0.576. The van der Waals surface area contributed by atoms with Gasteiger partial charge in [0.2, 0.25) is 0 Å². The molecule has 0 aromatic carbocycles. The maximum absolute atomic E-state index is 11.8. The normalized spacial score (nSPS) is 35.9. The summed E-state index contributed by atoms with van der Waals surface area (Å²) in [5.41, 5.74) is 0. The summed E-state index contributed by atoms with van der Waals surface area (Å²) in [6, 6.07) is 0. The minimum atomic E-state index is -1.21. The molecule has 2 unspecified atom stereocenters. The molecule has 0 fully saturated rings. The van der Waals surface area contributed by atoms with E-state index in [1.807, 2.05) is 0 Å². The third-order valence-electron chi connectivity index (χ3n) is 3.43. The molecule has 0 aromatic heterocycles. The first kappa shape index (κ1) is 21.6. The summed E-state index contributed by atoms with van der Waals surface area (Å²) in [6.45, 7) is 4.48. The molecule has 1 heterocycles. The van der Waals surface area contributed by atoms with Gasteiger partial charge in [-0.15, -0.1) is 0 Å². The third kappa shape index (κ3) is 8.09. The molecule has 26 heavy (non-hydrogen) atoms. The Kier molecular flexibility index (Phi) is 8.74. The van der Waals surface area contributed by atoms with Crippen molar-refractivity contribution in [1.29, 1.82) is 0 Å². The fourth-order valence-corrected chi connectivity index (χ4v) is 1.93. The van der Waals surface area contributed by atoms with Crippen LogP contribution in [-0.2, 0) is 28.6 Å². The zero-order valence-electron chi connectivity index (χ0n) is 14.9. The molecule has 2 N–H and O–H groups in total. The van der Waals surface area contributed by atoms with Crippen LogP contribution in [0.1, 0.15) is 27.2 Å². The molecule has 0 saturated carbocycles. The SMILES string of the molecule is CC1OC(=O)C[C@H](C)OC(=O)/C=C/C(O)[C@H](C)OC(=O)/C=C/C=C/[C@H]1O. The maximum Gasteiger partial charge on any atom is 0.331 e. The number of hydrogen-bond donors (Lipinski definition) is 2. The van der Waals surface area contributed by atoms with Gasteiger partial charge in [0, 0.05) is 12.2 Å². The van der Waals surface area contributed by atoms with E-state index in [1.54, 1.807) is 0 Å². The van der Waals surface area contributed by atoms with E-state index < -0.39 is 48.4 Å². The Morgan fingerprint density at radius 2 is 1.38 bits per heavy atom. The maximum atomic E-state index is 11.8. The summed E-state index contributed by atoms with van der Waals surface area (Å²) in [6.07, 6.45) is 2.38. The molecular weight excluding hydrogens is 344 g/mol. The number of hydrogen-bond acceptors (Lipinski definition) is 8. The van der Waals surface area contributed by atoms with Crippen LogP contribution in [0, 0.1) is 0 Å². The third-order valence-corrected chi connectivity index (χ3v) is 3.43. The van der Waals surface area contributed by atoms with E-state index >= 15 is 0 Å². The Balaban J connectivity index is 2.91. The van der Waals surface area contributed by atoms with Crippen LogP contribution in [0.25, 0.3) is 0 Å². The number of rotatable bonds is 0. The summed E-state index contributed by atoms with van der Waals surface area (Å²) < 4.78 is 15.0. The molecule has 8 nitrogen and oxygen atoms in total. The number of esters is 3. The summed E-state index contributed by atoms with van der Waals surface area (Å²) in [4.78, 5) is 35.1. The first-order valence-electron chi connectivity index (χ1n) is 8.19. The van der Waals surface area contributed by atoms with Crippen LogP contribution in [0.5, 0.6) is 0 Å². The van der Waals surface area contributed by atoms with Gasteiger partial charge in [0.05, 0.1) is 6.42 Å². The highest BCUT2D eigenvalue weighted by Crippen LogP contribution is 2.08. The molecule has 1 aliphatic heterocycles. The molecule has 1 aliphatic rings. The molecule has 0 amide bonds. The van der Waals surface area contributed by atoms with Crippen LogP contribution >= 0.6 is 0 Å². The smallest absolute Gasteiger partial charge is 0.331 e.